The predicted molar refractivity (Wildman–Crippen MR) is 79.0 cm³/mol. The fourth-order valence-corrected chi connectivity index (χ4v) is 3.56. The highest BCUT2D eigenvalue weighted by atomic mass is 16.5. The maximum Gasteiger partial charge on any atom is 0.225 e. The van der Waals surface area contributed by atoms with Gasteiger partial charge in [0.15, 0.2) is 0 Å². The number of hydrogen-bond acceptors (Lipinski definition) is 6. The van der Waals surface area contributed by atoms with Crippen molar-refractivity contribution < 1.29 is 4.74 Å². The third-order valence-corrected chi connectivity index (χ3v) is 4.59. The van der Waals surface area contributed by atoms with E-state index in [2.05, 4.69) is 26.8 Å². The summed E-state index contributed by atoms with van der Waals surface area (Å²) in [5.41, 5.74) is 5.76. The number of aromatic nitrogens is 2. The summed E-state index contributed by atoms with van der Waals surface area (Å²) in [5, 5.41) is 0. The lowest BCUT2D eigenvalue weighted by Gasteiger charge is -2.46. The monoisotopic (exact) mass is 277 g/mol. The minimum atomic E-state index is 0.280. The van der Waals surface area contributed by atoms with Crippen LogP contribution in [-0.4, -0.2) is 54.7 Å². The van der Waals surface area contributed by atoms with E-state index in [-0.39, 0.29) is 5.95 Å². The highest BCUT2D eigenvalue weighted by Crippen LogP contribution is 2.32. The van der Waals surface area contributed by atoms with Gasteiger partial charge in [-0.1, -0.05) is 0 Å². The van der Waals surface area contributed by atoms with Gasteiger partial charge in [0.25, 0.3) is 0 Å². The summed E-state index contributed by atoms with van der Waals surface area (Å²) in [4.78, 5) is 13.2. The van der Waals surface area contributed by atoms with Crippen molar-refractivity contribution in [2.75, 3.05) is 44.4 Å². The normalized spacial score (nSPS) is 27.2. The van der Waals surface area contributed by atoms with E-state index in [0.29, 0.717) is 5.88 Å². The Morgan fingerprint density at radius 3 is 2.95 bits per heavy atom. The Morgan fingerprint density at radius 1 is 1.30 bits per heavy atom. The highest BCUT2D eigenvalue weighted by Gasteiger charge is 2.34. The number of fused-ring (bicyclic) bond motifs is 1. The Kier molecular flexibility index (Phi) is 3.65. The van der Waals surface area contributed by atoms with Crippen molar-refractivity contribution in [1.82, 2.24) is 14.9 Å². The zero-order chi connectivity index (χ0) is 14.1. The third-order valence-electron chi connectivity index (χ3n) is 4.59. The van der Waals surface area contributed by atoms with Crippen molar-refractivity contribution in [3.8, 4) is 5.88 Å². The van der Waals surface area contributed by atoms with Crippen LogP contribution in [0.25, 0.3) is 0 Å². The first-order valence-electron chi connectivity index (χ1n) is 7.31. The Balaban J connectivity index is 1.77. The minimum absolute atomic E-state index is 0.280. The molecule has 2 fully saturated rings. The van der Waals surface area contributed by atoms with Crippen LogP contribution in [0.4, 0.5) is 11.8 Å². The summed E-state index contributed by atoms with van der Waals surface area (Å²) < 4.78 is 5.18. The van der Waals surface area contributed by atoms with Crippen LogP contribution in [0.1, 0.15) is 19.3 Å². The zero-order valence-corrected chi connectivity index (χ0v) is 12.2. The van der Waals surface area contributed by atoms with E-state index < -0.39 is 0 Å². The molecular weight excluding hydrogens is 254 g/mol. The largest absolute Gasteiger partial charge is 0.481 e. The number of nitrogens with zero attached hydrogens (tertiary/aromatic N) is 4. The van der Waals surface area contributed by atoms with Crippen LogP contribution in [0.15, 0.2) is 6.07 Å². The van der Waals surface area contributed by atoms with E-state index in [1.807, 2.05) is 6.07 Å². The number of hydrogen-bond donors (Lipinski definition) is 1. The topological polar surface area (TPSA) is 67.5 Å². The first-order valence-corrected chi connectivity index (χ1v) is 7.31. The van der Waals surface area contributed by atoms with E-state index in [1.54, 1.807) is 7.11 Å². The summed E-state index contributed by atoms with van der Waals surface area (Å²) in [6.07, 6.45) is 3.79. The number of rotatable bonds is 2. The zero-order valence-electron chi connectivity index (χ0n) is 12.2. The van der Waals surface area contributed by atoms with Gasteiger partial charge in [-0.25, -0.2) is 0 Å². The second kappa shape index (κ2) is 5.44. The molecular formula is C14H23N5O. The van der Waals surface area contributed by atoms with Crippen LogP contribution in [0, 0.1) is 5.92 Å². The average Bonchev–Trinajstić information content (AvgIpc) is 2.46. The van der Waals surface area contributed by atoms with E-state index in [9.17, 15) is 0 Å². The van der Waals surface area contributed by atoms with Gasteiger partial charge in [0.1, 0.15) is 5.82 Å². The molecule has 0 radical (unpaired) electrons. The number of nitrogen functional groups attached to an aromatic ring is 1. The van der Waals surface area contributed by atoms with Gasteiger partial charge in [0.05, 0.1) is 7.11 Å². The van der Waals surface area contributed by atoms with Gasteiger partial charge in [-0.05, 0) is 38.8 Å². The van der Waals surface area contributed by atoms with E-state index in [1.165, 1.54) is 25.8 Å². The molecule has 1 aromatic rings. The van der Waals surface area contributed by atoms with Gasteiger partial charge in [-0.15, -0.1) is 0 Å². The third kappa shape index (κ3) is 2.52. The van der Waals surface area contributed by atoms with E-state index >= 15 is 0 Å². The molecule has 0 spiro atoms. The number of anilines is 2. The van der Waals surface area contributed by atoms with Crippen LogP contribution in [0.2, 0.25) is 0 Å². The molecule has 3 rings (SSSR count). The number of piperidine rings is 2. The molecule has 110 valence electrons. The lowest BCUT2D eigenvalue weighted by atomic mass is 9.84. The maximum absolute atomic E-state index is 5.76. The van der Waals surface area contributed by atoms with Gasteiger partial charge < -0.3 is 20.3 Å². The molecule has 2 aliphatic rings. The number of nitrogens with two attached hydrogens (primary N) is 1. The van der Waals surface area contributed by atoms with Crippen LogP contribution in [-0.2, 0) is 0 Å². The molecule has 0 aromatic carbocycles. The first-order chi connectivity index (χ1) is 9.67. The van der Waals surface area contributed by atoms with Crippen molar-refractivity contribution in [1.29, 1.82) is 0 Å². The van der Waals surface area contributed by atoms with Crippen molar-refractivity contribution in [2.24, 2.45) is 5.92 Å². The standard InChI is InChI=1S/C14H23N5O/c1-18-6-3-4-10-9-19(7-5-11(10)18)12-8-13(20-2)17-14(15)16-12/h8,10-11H,3-7,9H2,1-2H3,(H2,15,16,17). The molecule has 2 N–H and O–H groups in total. The summed E-state index contributed by atoms with van der Waals surface area (Å²) in [6.45, 7) is 3.30. The highest BCUT2D eigenvalue weighted by molar-refractivity contribution is 5.46. The molecule has 2 atom stereocenters. The predicted octanol–water partition coefficient (Wildman–Crippen LogP) is 0.988. The van der Waals surface area contributed by atoms with Crippen molar-refractivity contribution >= 4 is 11.8 Å². The molecule has 20 heavy (non-hydrogen) atoms. The molecule has 0 bridgehead atoms. The minimum Gasteiger partial charge on any atom is -0.481 e. The molecule has 1 aromatic heterocycles. The Bertz CT molecular complexity index is 481. The van der Waals surface area contributed by atoms with Crippen molar-refractivity contribution in [2.45, 2.75) is 25.3 Å². The van der Waals surface area contributed by atoms with Gasteiger partial charge in [-0.2, -0.15) is 9.97 Å². The van der Waals surface area contributed by atoms with Gasteiger partial charge in [-0.3, -0.25) is 0 Å². The summed E-state index contributed by atoms with van der Waals surface area (Å²) in [5.74, 6) is 2.43. The smallest absolute Gasteiger partial charge is 0.225 e. The van der Waals surface area contributed by atoms with E-state index in [0.717, 1.165) is 30.9 Å². The molecule has 6 heteroatoms. The van der Waals surface area contributed by atoms with Crippen molar-refractivity contribution in [3.05, 3.63) is 6.07 Å². The van der Waals surface area contributed by atoms with Crippen LogP contribution < -0.4 is 15.4 Å². The number of methoxy groups -OCH3 is 1. The molecule has 3 heterocycles. The van der Waals surface area contributed by atoms with Crippen LogP contribution in [0.5, 0.6) is 5.88 Å². The summed E-state index contributed by atoms with van der Waals surface area (Å²) in [6, 6.07) is 2.60. The molecule has 2 aliphatic heterocycles. The quantitative estimate of drug-likeness (QED) is 0.869. The fraction of sp³-hybridized carbons (Fsp3) is 0.714. The average molecular weight is 277 g/mol. The lowest BCUT2D eigenvalue weighted by molar-refractivity contribution is 0.102. The second-order valence-corrected chi connectivity index (χ2v) is 5.81. The molecule has 0 amide bonds. The first kappa shape index (κ1) is 13.4. The summed E-state index contributed by atoms with van der Waals surface area (Å²) >= 11 is 0. The van der Waals surface area contributed by atoms with E-state index in [4.69, 9.17) is 10.5 Å². The lowest BCUT2D eigenvalue weighted by Crippen LogP contribution is -2.52. The van der Waals surface area contributed by atoms with Crippen molar-refractivity contribution in [3.63, 3.8) is 0 Å². The Morgan fingerprint density at radius 2 is 2.15 bits per heavy atom. The SMILES string of the molecule is COc1cc(N2CCC3C(CCCN3C)C2)nc(N)n1. The van der Waals surface area contributed by atoms with Gasteiger partial charge >= 0.3 is 0 Å². The van der Waals surface area contributed by atoms with Crippen LogP contribution >= 0.6 is 0 Å². The molecule has 0 aliphatic carbocycles. The second-order valence-electron chi connectivity index (χ2n) is 5.81. The molecule has 6 nitrogen and oxygen atoms in total. The Hall–Kier alpha value is -1.56. The van der Waals surface area contributed by atoms with Gasteiger partial charge in [0.2, 0.25) is 11.8 Å². The summed E-state index contributed by atoms with van der Waals surface area (Å²) in [7, 11) is 3.85. The van der Waals surface area contributed by atoms with Gasteiger partial charge in [0, 0.05) is 25.2 Å². The molecule has 0 saturated carbocycles. The Labute approximate surface area is 119 Å². The molecule has 2 unspecified atom stereocenters. The fourth-order valence-electron chi connectivity index (χ4n) is 3.56. The number of likely N-dealkylation sites (tertiary alicyclic amines) is 1. The number of ether oxygens (including phenoxy) is 1. The molecule has 2 saturated heterocycles. The van der Waals surface area contributed by atoms with Crippen LogP contribution in [0.3, 0.4) is 0 Å². The maximum atomic E-state index is 5.76.